The van der Waals surface area contributed by atoms with E-state index < -0.39 is 0 Å². The van der Waals surface area contributed by atoms with Crippen LogP contribution in [-0.4, -0.2) is 0 Å². The number of fused-ring (bicyclic) bond motifs is 3. The second-order valence-electron chi connectivity index (χ2n) is 5.90. The minimum Gasteiger partial charge on any atom is -0.0841 e. The van der Waals surface area contributed by atoms with Crippen LogP contribution >= 0.6 is 0 Å². The second kappa shape index (κ2) is 4.99. The van der Waals surface area contributed by atoms with Crippen LogP contribution in [-0.2, 0) is 0 Å². The molecule has 0 saturated heterocycles. The average molecular weight is 282 g/mol. The van der Waals surface area contributed by atoms with Crippen LogP contribution in [0.5, 0.6) is 0 Å². The van der Waals surface area contributed by atoms with Gasteiger partial charge in [-0.25, -0.2) is 0 Å². The smallest absolute Gasteiger partial charge is 0.0102 e. The largest absolute Gasteiger partial charge is 0.0841 e. The maximum absolute atomic E-state index is 2.33. The predicted molar refractivity (Wildman–Crippen MR) is 98.3 cm³/mol. The monoisotopic (exact) mass is 282 g/mol. The van der Waals surface area contributed by atoms with Crippen molar-refractivity contribution >= 4 is 37.9 Å². The fraction of sp³-hybridized carbons (Fsp3) is 0.0909. The summed E-state index contributed by atoms with van der Waals surface area (Å²) in [5.74, 6) is 0. The van der Waals surface area contributed by atoms with E-state index in [1.54, 1.807) is 0 Å². The van der Waals surface area contributed by atoms with Gasteiger partial charge >= 0.3 is 0 Å². The highest BCUT2D eigenvalue weighted by molar-refractivity contribution is 6.07. The van der Waals surface area contributed by atoms with Gasteiger partial charge in [-0.2, -0.15) is 0 Å². The molecule has 0 unspecified atom stereocenters. The van der Waals surface area contributed by atoms with E-state index in [0.29, 0.717) is 0 Å². The molecule has 0 bridgehead atoms. The minimum atomic E-state index is 1.30. The molecule has 0 saturated carbocycles. The summed E-state index contributed by atoms with van der Waals surface area (Å²) in [5, 5.41) is 7.86. The molecule has 0 aromatic heterocycles. The van der Waals surface area contributed by atoms with Crippen molar-refractivity contribution in [3.8, 4) is 0 Å². The standard InChI is InChI=1S/C22H18/c1-3-15(2)21-10-6-9-18-13-19-11-16-7-4-5-8-17(16)12-20(19)14-22(18)21/h3-14H,1-2H3. The van der Waals surface area contributed by atoms with E-state index in [9.17, 15) is 0 Å². The first kappa shape index (κ1) is 13.1. The third-order valence-electron chi connectivity index (χ3n) is 4.56. The van der Waals surface area contributed by atoms with E-state index in [0.717, 1.165) is 0 Å². The lowest BCUT2D eigenvalue weighted by Crippen LogP contribution is -1.84. The molecule has 0 radical (unpaired) electrons. The molecule has 0 aliphatic rings. The van der Waals surface area contributed by atoms with Crippen LogP contribution in [0.2, 0.25) is 0 Å². The van der Waals surface area contributed by atoms with E-state index >= 15 is 0 Å². The molecule has 0 atom stereocenters. The third kappa shape index (κ3) is 2.00. The molecule has 4 aromatic rings. The minimum absolute atomic E-state index is 1.30. The average Bonchev–Trinajstić information content (AvgIpc) is 2.56. The van der Waals surface area contributed by atoms with Gasteiger partial charge in [0.2, 0.25) is 0 Å². The van der Waals surface area contributed by atoms with Crippen molar-refractivity contribution in [3.05, 3.63) is 78.4 Å². The topological polar surface area (TPSA) is 0 Å². The SMILES string of the molecule is CC=C(C)c1cccc2cc3cc4ccccc4cc3cc12. The molecule has 106 valence electrons. The van der Waals surface area contributed by atoms with Crippen LogP contribution in [0.1, 0.15) is 19.4 Å². The maximum Gasteiger partial charge on any atom is -0.0102 e. The molecule has 0 heteroatoms. The third-order valence-corrected chi connectivity index (χ3v) is 4.56. The quantitative estimate of drug-likeness (QED) is 0.346. The van der Waals surface area contributed by atoms with Gasteiger partial charge in [0.15, 0.2) is 0 Å². The zero-order valence-electron chi connectivity index (χ0n) is 12.9. The summed E-state index contributed by atoms with van der Waals surface area (Å²) < 4.78 is 0. The summed E-state index contributed by atoms with van der Waals surface area (Å²) >= 11 is 0. The highest BCUT2D eigenvalue weighted by atomic mass is 14.1. The van der Waals surface area contributed by atoms with Crippen molar-refractivity contribution in [2.24, 2.45) is 0 Å². The number of benzene rings is 4. The molecule has 0 amide bonds. The fourth-order valence-corrected chi connectivity index (χ4v) is 3.22. The van der Waals surface area contributed by atoms with Gasteiger partial charge < -0.3 is 0 Å². The van der Waals surface area contributed by atoms with Gasteiger partial charge in [-0.05, 0) is 81.6 Å². The van der Waals surface area contributed by atoms with E-state index in [2.05, 4.69) is 86.7 Å². The van der Waals surface area contributed by atoms with E-state index in [1.807, 2.05) is 0 Å². The van der Waals surface area contributed by atoms with Gasteiger partial charge in [-0.3, -0.25) is 0 Å². The summed E-state index contributed by atoms with van der Waals surface area (Å²) in [4.78, 5) is 0. The van der Waals surface area contributed by atoms with E-state index in [-0.39, 0.29) is 0 Å². The highest BCUT2D eigenvalue weighted by Crippen LogP contribution is 2.31. The van der Waals surface area contributed by atoms with Crippen LogP contribution < -0.4 is 0 Å². The van der Waals surface area contributed by atoms with Gasteiger partial charge in [-0.1, -0.05) is 48.5 Å². The Morgan fingerprint density at radius 2 is 1.27 bits per heavy atom. The van der Waals surface area contributed by atoms with Crippen LogP contribution in [0.4, 0.5) is 0 Å². The zero-order chi connectivity index (χ0) is 15.1. The number of hydrogen-bond donors (Lipinski definition) is 0. The molecule has 0 nitrogen and oxygen atoms in total. The van der Waals surface area contributed by atoms with Crippen LogP contribution in [0.3, 0.4) is 0 Å². The molecule has 0 N–H and O–H groups in total. The van der Waals surface area contributed by atoms with Crippen molar-refractivity contribution in [2.75, 3.05) is 0 Å². The Morgan fingerprint density at radius 1 is 0.682 bits per heavy atom. The summed E-state index contributed by atoms with van der Waals surface area (Å²) in [7, 11) is 0. The number of allylic oxidation sites excluding steroid dienone is 2. The molecule has 0 aliphatic heterocycles. The second-order valence-corrected chi connectivity index (χ2v) is 5.90. The maximum atomic E-state index is 2.33. The number of rotatable bonds is 1. The van der Waals surface area contributed by atoms with Crippen molar-refractivity contribution in [2.45, 2.75) is 13.8 Å². The van der Waals surface area contributed by atoms with Crippen LogP contribution in [0, 0.1) is 0 Å². The molecule has 0 spiro atoms. The molecule has 22 heavy (non-hydrogen) atoms. The normalized spacial score (nSPS) is 12.4. The Morgan fingerprint density at radius 3 is 1.95 bits per heavy atom. The Bertz CT molecular complexity index is 1040. The van der Waals surface area contributed by atoms with Crippen LogP contribution in [0.15, 0.2) is 72.8 Å². The van der Waals surface area contributed by atoms with Gasteiger partial charge in [0.25, 0.3) is 0 Å². The predicted octanol–water partition coefficient (Wildman–Crippen LogP) is 6.57. The Labute approximate surface area is 130 Å². The number of hydrogen-bond acceptors (Lipinski definition) is 0. The van der Waals surface area contributed by atoms with Crippen molar-refractivity contribution in [1.29, 1.82) is 0 Å². The molecule has 4 aromatic carbocycles. The van der Waals surface area contributed by atoms with E-state index in [4.69, 9.17) is 0 Å². The Kier molecular flexibility index (Phi) is 2.97. The zero-order valence-corrected chi connectivity index (χ0v) is 12.9. The van der Waals surface area contributed by atoms with E-state index in [1.165, 1.54) is 43.5 Å². The fourth-order valence-electron chi connectivity index (χ4n) is 3.22. The lowest BCUT2D eigenvalue weighted by atomic mass is 9.95. The highest BCUT2D eigenvalue weighted by Gasteiger charge is 2.05. The molecule has 0 fully saturated rings. The molecular formula is C22H18. The molecule has 4 rings (SSSR count). The van der Waals surface area contributed by atoms with Gasteiger partial charge in [0.05, 0.1) is 0 Å². The summed E-state index contributed by atoms with van der Waals surface area (Å²) in [6.07, 6.45) is 2.18. The van der Waals surface area contributed by atoms with Crippen LogP contribution in [0.25, 0.3) is 37.9 Å². The lowest BCUT2D eigenvalue weighted by Gasteiger charge is -2.10. The lowest BCUT2D eigenvalue weighted by molar-refractivity contribution is 1.59. The van der Waals surface area contributed by atoms with Crippen molar-refractivity contribution in [1.82, 2.24) is 0 Å². The summed E-state index contributed by atoms with van der Waals surface area (Å²) in [6.45, 7) is 4.28. The first-order valence-electron chi connectivity index (χ1n) is 7.75. The first-order chi connectivity index (χ1) is 10.8. The Balaban J connectivity index is 2.12. The van der Waals surface area contributed by atoms with Crippen molar-refractivity contribution in [3.63, 3.8) is 0 Å². The van der Waals surface area contributed by atoms with Gasteiger partial charge in [-0.15, -0.1) is 0 Å². The summed E-state index contributed by atoms with van der Waals surface area (Å²) in [5.41, 5.74) is 2.65. The molecule has 0 aliphatic carbocycles. The first-order valence-corrected chi connectivity index (χ1v) is 7.75. The molecular weight excluding hydrogens is 264 g/mol. The van der Waals surface area contributed by atoms with Gasteiger partial charge in [0, 0.05) is 0 Å². The molecule has 0 heterocycles. The van der Waals surface area contributed by atoms with Crippen molar-refractivity contribution < 1.29 is 0 Å². The summed E-state index contributed by atoms with van der Waals surface area (Å²) in [6, 6.07) is 24.4. The Hall–Kier alpha value is -2.60. The van der Waals surface area contributed by atoms with Gasteiger partial charge in [0.1, 0.15) is 0 Å².